The summed E-state index contributed by atoms with van der Waals surface area (Å²) in [5.41, 5.74) is 1.34. The standard InChI is InChI=1S/C19H25N5O2/c1-24-9-5-19(26,6-10-24)14-23-16-4-8-21-17(11-16)18(25)22-13-15-3-2-7-20-12-15/h2-4,7-8,11-12,26H,5-6,9-10,13-14H2,1H3,(H,21,23)(H,22,25). The molecule has 0 radical (unpaired) electrons. The second-order valence-corrected chi connectivity index (χ2v) is 6.85. The van der Waals surface area contributed by atoms with Crippen LogP contribution in [0.3, 0.4) is 0 Å². The van der Waals surface area contributed by atoms with Crippen molar-refractivity contribution in [1.29, 1.82) is 0 Å². The first-order valence-electron chi connectivity index (χ1n) is 8.82. The number of pyridine rings is 2. The fourth-order valence-electron chi connectivity index (χ4n) is 2.92. The number of anilines is 1. The molecule has 3 heterocycles. The number of aliphatic hydroxyl groups is 1. The number of carbonyl (C=O) groups excluding carboxylic acids is 1. The van der Waals surface area contributed by atoms with Gasteiger partial charge in [-0.1, -0.05) is 6.07 Å². The van der Waals surface area contributed by atoms with Gasteiger partial charge in [0.15, 0.2) is 0 Å². The van der Waals surface area contributed by atoms with Crippen LogP contribution < -0.4 is 10.6 Å². The van der Waals surface area contributed by atoms with Crippen LogP contribution in [0.2, 0.25) is 0 Å². The van der Waals surface area contributed by atoms with Gasteiger partial charge in [-0.3, -0.25) is 14.8 Å². The monoisotopic (exact) mass is 355 g/mol. The van der Waals surface area contributed by atoms with Crippen molar-refractivity contribution in [3.8, 4) is 0 Å². The Morgan fingerprint density at radius 3 is 2.85 bits per heavy atom. The molecule has 0 unspecified atom stereocenters. The third-order valence-corrected chi connectivity index (χ3v) is 4.71. The number of aromatic nitrogens is 2. The SMILES string of the molecule is CN1CCC(O)(CNc2ccnc(C(=O)NCc3cccnc3)c2)CC1. The van der Waals surface area contributed by atoms with E-state index in [-0.39, 0.29) is 5.91 Å². The molecule has 0 spiro atoms. The molecule has 138 valence electrons. The number of nitrogens with zero attached hydrogens (tertiary/aromatic N) is 3. The maximum absolute atomic E-state index is 12.3. The molecule has 0 saturated carbocycles. The summed E-state index contributed by atoms with van der Waals surface area (Å²) in [7, 11) is 2.06. The van der Waals surface area contributed by atoms with Gasteiger partial charge in [0.05, 0.1) is 5.60 Å². The largest absolute Gasteiger partial charge is 0.388 e. The highest BCUT2D eigenvalue weighted by Gasteiger charge is 2.30. The number of rotatable bonds is 6. The van der Waals surface area contributed by atoms with E-state index in [1.54, 1.807) is 30.7 Å². The molecule has 7 heteroatoms. The second-order valence-electron chi connectivity index (χ2n) is 6.85. The molecule has 1 saturated heterocycles. The van der Waals surface area contributed by atoms with Crippen LogP contribution >= 0.6 is 0 Å². The Morgan fingerprint density at radius 2 is 2.12 bits per heavy atom. The summed E-state index contributed by atoms with van der Waals surface area (Å²) < 4.78 is 0. The molecular weight excluding hydrogens is 330 g/mol. The van der Waals surface area contributed by atoms with Crippen LogP contribution in [-0.2, 0) is 6.54 Å². The fraction of sp³-hybridized carbons (Fsp3) is 0.421. The van der Waals surface area contributed by atoms with Crippen LogP contribution in [0.25, 0.3) is 0 Å². The first-order chi connectivity index (χ1) is 12.5. The molecule has 0 aromatic carbocycles. The Labute approximate surface area is 153 Å². The van der Waals surface area contributed by atoms with Crippen LogP contribution in [0.4, 0.5) is 5.69 Å². The average molecular weight is 355 g/mol. The molecule has 0 bridgehead atoms. The Morgan fingerprint density at radius 1 is 1.31 bits per heavy atom. The minimum atomic E-state index is -0.710. The molecule has 2 aromatic heterocycles. The second kappa shape index (κ2) is 8.25. The number of piperidine rings is 1. The predicted molar refractivity (Wildman–Crippen MR) is 99.8 cm³/mol. The summed E-state index contributed by atoms with van der Waals surface area (Å²) in [6, 6.07) is 7.24. The van der Waals surface area contributed by atoms with Crippen LogP contribution in [0.15, 0.2) is 42.9 Å². The van der Waals surface area contributed by atoms with Crippen molar-refractivity contribution in [3.63, 3.8) is 0 Å². The van der Waals surface area contributed by atoms with Crippen molar-refractivity contribution in [3.05, 3.63) is 54.1 Å². The lowest BCUT2D eigenvalue weighted by Gasteiger charge is -2.36. The van der Waals surface area contributed by atoms with Gasteiger partial charge >= 0.3 is 0 Å². The quantitative estimate of drug-likeness (QED) is 0.723. The summed E-state index contributed by atoms with van der Waals surface area (Å²) in [6.45, 7) is 2.63. The predicted octanol–water partition coefficient (Wildman–Crippen LogP) is 1.28. The van der Waals surface area contributed by atoms with Crippen LogP contribution in [0.1, 0.15) is 28.9 Å². The lowest BCUT2D eigenvalue weighted by atomic mass is 9.91. The molecule has 26 heavy (non-hydrogen) atoms. The minimum absolute atomic E-state index is 0.240. The van der Waals surface area contributed by atoms with Crippen molar-refractivity contribution >= 4 is 11.6 Å². The lowest BCUT2D eigenvalue weighted by Crippen LogP contribution is -2.47. The first-order valence-corrected chi connectivity index (χ1v) is 8.82. The molecule has 0 atom stereocenters. The van der Waals surface area contributed by atoms with Crippen molar-refractivity contribution in [1.82, 2.24) is 20.2 Å². The van der Waals surface area contributed by atoms with E-state index in [0.29, 0.717) is 18.8 Å². The van der Waals surface area contributed by atoms with E-state index in [1.807, 2.05) is 12.1 Å². The number of nitrogens with one attached hydrogen (secondary N) is 2. The normalized spacial score (nSPS) is 16.8. The highest BCUT2D eigenvalue weighted by Crippen LogP contribution is 2.22. The van der Waals surface area contributed by atoms with Gasteiger partial charge in [0.1, 0.15) is 5.69 Å². The van der Waals surface area contributed by atoms with Crippen molar-refractivity contribution < 1.29 is 9.90 Å². The van der Waals surface area contributed by atoms with Gasteiger partial charge in [-0.25, -0.2) is 0 Å². The van der Waals surface area contributed by atoms with Crippen LogP contribution in [0.5, 0.6) is 0 Å². The summed E-state index contributed by atoms with van der Waals surface area (Å²) in [5, 5.41) is 16.7. The summed E-state index contributed by atoms with van der Waals surface area (Å²) in [5.74, 6) is -0.240. The smallest absolute Gasteiger partial charge is 0.270 e. The van der Waals surface area contributed by atoms with E-state index in [1.165, 1.54) is 0 Å². The zero-order valence-corrected chi connectivity index (χ0v) is 15.0. The van der Waals surface area contributed by atoms with E-state index in [9.17, 15) is 9.90 Å². The Balaban J connectivity index is 1.55. The zero-order chi connectivity index (χ0) is 18.4. The lowest BCUT2D eigenvalue weighted by molar-refractivity contribution is -0.00403. The summed E-state index contributed by atoms with van der Waals surface area (Å²) in [4.78, 5) is 22.7. The highest BCUT2D eigenvalue weighted by atomic mass is 16.3. The Kier molecular flexibility index (Phi) is 5.80. The van der Waals surface area contributed by atoms with Gasteiger partial charge < -0.3 is 20.6 Å². The van der Waals surface area contributed by atoms with E-state index >= 15 is 0 Å². The van der Waals surface area contributed by atoms with Gasteiger partial charge in [-0.05, 0) is 43.7 Å². The van der Waals surface area contributed by atoms with E-state index < -0.39 is 5.60 Å². The van der Waals surface area contributed by atoms with Crippen molar-refractivity contribution in [2.75, 3.05) is 32.0 Å². The Hall–Kier alpha value is -2.51. The molecule has 1 fully saturated rings. The van der Waals surface area contributed by atoms with Crippen LogP contribution in [-0.4, -0.2) is 58.2 Å². The van der Waals surface area contributed by atoms with Crippen molar-refractivity contribution in [2.24, 2.45) is 0 Å². The molecule has 1 aliphatic rings. The maximum atomic E-state index is 12.3. The summed E-state index contributed by atoms with van der Waals surface area (Å²) in [6.07, 6.45) is 6.48. The molecular formula is C19H25N5O2. The molecule has 1 amide bonds. The van der Waals surface area contributed by atoms with E-state index in [2.05, 4.69) is 32.5 Å². The van der Waals surface area contributed by atoms with E-state index in [4.69, 9.17) is 0 Å². The number of hydrogen-bond donors (Lipinski definition) is 3. The molecule has 7 nitrogen and oxygen atoms in total. The molecule has 0 aliphatic carbocycles. The fourth-order valence-corrected chi connectivity index (χ4v) is 2.92. The summed E-state index contributed by atoms with van der Waals surface area (Å²) >= 11 is 0. The zero-order valence-electron chi connectivity index (χ0n) is 15.0. The van der Waals surface area contributed by atoms with Gasteiger partial charge in [0.2, 0.25) is 0 Å². The number of amides is 1. The van der Waals surface area contributed by atoms with Crippen molar-refractivity contribution in [2.45, 2.75) is 25.0 Å². The number of carbonyl (C=O) groups is 1. The van der Waals surface area contributed by atoms with Crippen LogP contribution in [0, 0.1) is 0 Å². The first kappa shape index (κ1) is 18.3. The minimum Gasteiger partial charge on any atom is -0.388 e. The van der Waals surface area contributed by atoms with E-state index in [0.717, 1.165) is 37.2 Å². The third-order valence-electron chi connectivity index (χ3n) is 4.71. The maximum Gasteiger partial charge on any atom is 0.270 e. The van der Waals surface area contributed by atoms with Gasteiger partial charge in [0.25, 0.3) is 5.91 Å². The number of hydrogen-bond acceptors (Lipinski definition) is 6. The topological polar surface area (TPSA) is 90.4 Å². The molecule has 1 aliphatic heterocycles. The third kappa shape index (κ3) is 5.00. The highest BCUT2D eigenvalue weighted by molar-refractivity contribution is 5.93. The van der Waals surface area contributed by atoms with Gasteiger partial charge in [0, 0.05) is 50.5 Å². The van der Waals surface area contributed by atoms with Gasteiger partial charge in [-0.2, -0.15) is 0 Å². The molecule has 3 N–H and O–H groups in total. The molecule has 2 aromatic rings. The van der Waals surface area contributed by atoms with Gasteiger partial charge in [-0.15, -0.1) is 0 Å². The Bertz CT molecular complexity index is 730. The number of likely N-dealkylation sites (tertiary alicyclic amines) is 1. The molecule has 3 rings (SSSR count). The average Bonchev–Trinajstić information content (AvgIpc) is 2.68.